The number of hydrogen-bond donors (Lipinski definition) is 1. The van der Waals surface area contributed by atoms with Crippen molar-refractivity contribution in [3.05, 3.63) is 29.8 Å². The van der Waals surface area contributed by atoms with Gasteiger partial charge in [-0.15, -0.1) is 12.4 Å². The fourth-order valence-corrected chi connectivity index (χ4v) is 4.57. The minimum absolute atomic E-state index is 0. The molecule has 2 heterocycles. The number of hydrogen-bond acceptors (Lipinski definition) is 5. The summed E-state index contributed by atoms with van der Waals surface area (Å²) in [5.74, 6) is 0.597. The minimum atomic E-state index is -2.80. The van der Waals surface area contributed by atoms with Crippen molar-refractivity contribution in [3.63, 3.8) is 0 Å². The summed E-state index contributed by atoms with van der Waals surface area (Å²) in [5, 5.41) is 3.34. The maximum atomic E-state index is 11.4. The van der Waals surface area contributed by atoms with Crippen molar-refractivity contribution in [1.82, 2.24) is 5.32 Å². The first-order chi connectivity index (χ1) is 10.1. The lowest BCUT2D eigenvalue weighted by Gasteiger charge is -2.29. The van der Waals surface area contributed by atoms with Crippen LogP contribution in [0.25, 0.3) is 0 Å². The zero-order valence-electron chi connectivity index (χ0n) is 12.5. The van der Waals surface area contributed by atoms with E-state index in [0.717, 1.165) is 39.3 Å². The highest BCUT2D eigenvalue weighted by molar-refractivity contribution is 7.91. The number of sulfone groups is 1. The second kappa shape index (κ2) is 7.64. The SMILES string of the molecule is Cl.O=S1(=O)CCC(NCc2ccc(N3CCOCC3)cc2)C1. The van der Waals surface area contributed by atoms with Gasteiger partial charge in [0.1, 0.15) is 0 Å². The Kier molecular flexibility index (Phi) is 6.09. The van der Waals surface area contributed by atoms with Crippen LogP contribution in [-0.2, 0) is 21.1 Å². The van der Waals surface area contributed by atoms with E-state index in [1.165, 1.54) is 11.3 Å². The number of ether oxygens (including phenoxy) is 1. The quantitative estimate of drug-likeness (QED) is 0.888. The number of rotatable bonds is 4. The lowest BCUT2D eigenvalue weighted by Crippen LogP contribution is -2.36. The van der Waals surface area contributed by atoms with Gasteiger partial charge in [-0.25, -0.2) is 8.42 Å². The molecule has 22 heavy (non-hydrogen) atoms. The van der Waals surface area contributed by atoms with Gasteiger partial charge in [-0.1, -0.05) is 12.1 Å². The first-order valence-electron chi connectivity index (χ1n) is 7.48. The second-order valence-corrected chi connectivity index (χ2v) is 7.98. The van der Waals surface area contributed by atoms with E-state index in [-0.39, 0.29) is 24.2 Å². The van der Waals surface area contributed by atoms with Crippen molar-refractivity contribution < 1.29 is 13.2 Å². The maximum Gasteiger partial charge on any atom is 0.151 e. The fourth-order valence-electron chi connectivity index (χ4n) is 2.86. The largest absolute Gasteiger partial charge is 0.378 e. The Labute approximate surface area is 138 Å². The van der Waals surface area contributed by atoms with Gasteiger partial charge in [-0.3, -0.25) is 0 Å². The summed E-state index contributed by atoms with van der Waals surface area (Å²) in [7, 11) is -2.80. The van der Waals surface area contributed by atoms with E-state index < -0.39 is 9.84 Å². The van der Waals surface area contributed by atoms with Crippen LogP contribution in [0.1, 0.15) is 12.0 Å². The molecule has 3 rings (SSSR count). The van der Waals surface area contributed by atoms with Crippen molar-refractivity contribution in [2.45, 2.75) is 19.0 Å². The van der Waals surface area contributed by atoms with Crippen LogP contribution in [0.3, 0.4) is 0 Å². The van der Waals surface area contributed by atoms with Gasteiger partial charge in [0.2, 0.25) is 0 Å². The summed E-state index contributed by atoms with van der Waals surface area (Å²) in [6, 6.07) is 8.60. The van der Waals surface area contributed by atoms with Crippen molar-refractivity contribution >= 4 is 27.9 Å². The molecule has 124 valence electrons. The van der Waals surface area contributed by atoms with Crippen molar-refractivity contribution in [2.75, 3.05) is 42.7 Å². The molecule has 7 heteroatoms. The molecule has 0 bridgehead atoms. The van der Waals surface area contributed by atoms with Crippen LogP contribution in [-0.4, -0.2) is 52.3 Å². The van der Waals surface area contributed by atoms with Gasteiger partial charge >= 0.3 is 0 Å². The zero-order chi connectivity index (χ0) is 14.7. The third-order valence-electron chi connectivity index (χ3n) is 4.14. The third kappa shape index (κ3) is 4.59. The predicted molar refractivity (Wildman–Crippen MR) is 90.6 cm³/mol. The molecule has 1 N–H and O–H groups in total. The summed E-state index contributed by atoms with van der Waals surface area (Å²) < 4.78 is 28.2. The van der Waals surface area contributed by atoms with E-state index in [2.05, 4.69) is 34.5 Å². The van der Waals surface area contributed by atoms with Crippen molar-refractivity contribution in [2.24, 2.45) is 0 Å². The molecule has 1 aromatic rings. The standard InChI is InChI=1S/C15H22N2O3S.ClH/c18-21(19)10-5-14(12-21)16-11-13-1-3-15(4-2-13)17-6-8-20-9-7-17;/h1-4,14,16H,5-12H2;1H. The van der Waals surface area contributed by atoms with Crippen LogP contribution in [0, 0.1) is 0 Å². The van der Waals surface area contributed by atoms with Crippen LogP contribution in [0.4, 0.5) is 5.69 Å². The van der Waals surface area contributed by atoms with Crippen LogP contribution in [0.15, 0.2) is 24.3 Å². The van der Waals surface area contributed by atoms with Gasteiger partial charge < -0.3 is 15.0 Å². The fraction of sp³-hybridized carbons (Fsp3) is 0.600. The lowest BCUT2D eigenvalue weighted by atomic mass is 10.1. The molecule has 0 amide bonds. The van der Waals surface area contributed by atoms with E-state index >= 15 is 0 Å². The van der Waals surface area contributed by atoms with Gasteiger partial charge in [0, 0.05) is 31.4 Å². The molecule has 0 aliphatic carbocycles. The Bertz CT molecular complexity index is 571. The highest BCUT2D eigenvalue weighted by Gasteiger charge is 2.27. The zero-order valence-corrected chi connectivity index (χ0v) is 14.2. The summed E-state index contributed by atoms with van der Waals surface area (Å²) in [6.45, 7) is 4.19. The highest BCUT2D eigenvalue weighted by atomic mass is 35.5. The molecule has 2 saturated heterocycles. The smallest absolute Gasteiger partial charge is 0.151 e. The summed E-state index contributed by atoms with van der Waals surface area (Å²) in [4.78, 5) is 2.32. The molecule has 1 unspecified atom stereocenters. The van der Waals surface area contributed by atoms with Gasteiger partial charge in [0.25, 0.3) is 0 Å². The molecular weight excluding hydrogens is 324 g/mol. The Hall–Kier alpha value is -0.820. The van der Waals surface area contributed by atoms with Crippen LogP contribution in [0.5, 0.6) is 0 Å². The molecule has 0 saturated carbocycles. The molecule has 2 aliphatic rings. The Morgan fingerprint density at radius 1 is 1.18 bits per heavy atom. The number of anilines is 1. The molecular formula is C15H23ClN2O3S. The monoisotopic (exact) mass is 346 g/mol. The van der Waals surface area contributed by atoms with E-state index in [4.69, 9.17) is 4.74 Å². The average Bonchev–Trinajstić information content (AvgIpc) is 2.86. The van der Waals surface area contributed by atoms with Gasteiger partial charge in [-0.05, 0) is 24.1 Å². The molecule has 0 spiro atoms. The Morgan fingerprint density at radius 2 is 1.86 bits per heavy atom. The number of halogens is 1. The molecule has 1 aromatic carbocycles. The topological polar surface area (TPSA) is 58.6 Å². The Balaban J connectivity index is 0.00000176. The first-order valence-corrected chi connectivity index (χ1v) is 9.30. The molecule has 2 fully saturated rings. The second-order valence-electron chi connectivity index (χ2n) is 5.75. The van der Waals surface area contributed by atoms with Crippen LogP contribution < -0.4 is 10.2 Å². The first kappa shape index (κ1) is 17.5. The van der Waals surface area contributed by atoms with E-state index in [9.17, 15) is 8.42 Å². The van der Waals surface area contributed by atoms with Crippen LogP contribution >= 0.6 is 12.4 Å². The molecule has 0 radical (unpaired) electrons. The van der Waals surface area contributed by atoms with E-state index in [1.807, 2.05) is 0 Å². The van der Waals surface area contributed by atoms with E-state index in [0.29, 0.717) is 5.75 Å². The lowest BCUT2D eigenvalue weighted by molar-refractivity contribution is 0.122. The molecule has 2 aliphatic heterocycles. The molecule has 0 aromatic heterocycles. The van der Waals surface area contributed by atoms with Crippen molar-refractivity contribution in [3.8, 4) is 0 Å². The highest BCUT2D eigenvalue weighted by Crippen LogP contribution is 2.17. The summed E-state index contributed by atoms with van der Waals surface area (Å²) >= 11 is 0. The minimum Gasteiger partial charge on any atom is -0.378 e. The van der Waals surface area contributed by atoms with Gasteiger partial charge in [0.15, 0.2) is 9.84 Å². The number of nitrogens with zero attached hydrogens (tertiary/aromatic N) is 1. The summed E-state index contributed by atoms with van der Waals surface area (Å²) in [5.41, 5.74) is 2.42. The number of nitrogens with one attached hydrogen (secondary N) is 1. The van der Waals surface area contributed by atoms with Gasteiger partial charge in [0.05, 0.1) is 24.7 Å². The molecule has 5 nitrogen and oxygen atoms in total. The molecule has 1 atom stereocenters. The van der Waals surface area contributed by atoms with Crippen molar-refractivity contribution in [1.29, 1.82) is 0 Å². The van der Waals surface area contributed by atoms with Crippen LogP contribution in [0.2, 0.25) is 0 Å². The Morgan fingerprint density at radius 3 is 2.45 bits per heavy atom. The van der Waals surface area contributed by atoms with Gasteiger partial charge in [-0.2, -0.15) is 0 Å². The predicted octanol–water partition coefficient (Wildman–Crippen LogP) is 1.22. The van der Waals surface area contributed by atoms with E-state index in [1.54, 1.807) is 0 Å². The number of morpholine rings is 1. The normalized spacial score (nSPS) is 24.0. The summed E-state index contributed by atoms with van der Waals surface area (Å²) in [6.07, 6.45) is 0.730. The average molecular weight is 347 g/mol. The maximum absolute atomic E-state index is 11.4. The third-order valence-corrected chi connectivity index (χ3v) is 5.91. The number of benzene rings is 1.